The van der Waals surface area contributed by atoms with Crippen LogP contribution in [0.2, 0.25) is 25.7 Å². The summed E-state index contributed by atoms with van der Waals surface area (Å²) in [5, 5.41) is 13.5. The van der Waals surface area contributed by atoms with Crippen LogP contribution in [-0.2, 0) is 33.9 Å². The normalized spacial score (nSPS) is 18.9. The van der Waals surface area contributed by atoms with Crippen LogP contribution in [0.5, 0.6) is 0 Å². The molecule has 1 amide bonds. The van der Waals surface area contributed by atoms with Gasteiger partial charge in [0.2, 0.25) is 5.91 Å². The number of carbonyl (C=O) groups is 1. The van der Waals surface area contributed by atoms with Gasteiger partial charge in [-0.05, 0) is 24.6 Å². The molecule has 1 fully saturated rings. The van der Waals surface area contributed by atoms with E-state index in [2.05, 4.69) is 40.5 Å². The molecule has 0 bridgehead atoms. The molecule has 3 N–H and O–H groups in total. The first-order valence-corrected chi connectivity index (χ1v) is 15.0. The fraction of sp³-hybridized carbons (Fsp3) is 0.565. The smallest absolute Gasteiger partial charge is 0.227 e. The Hall–Kier alpha value is -2.07. The lowest BCUT2D eigenvalue weighted by Gasteiger charge is -2.27. The molecular formula is C23H33FN4O3Si. The first-order chi connectivity index (χ1) is 15.2. The van der Waals surface area contributed by atoms with E-state index in [9.17, 15) is 4.79 Å². The van der Waals surface area contributed by atoms with Crippen LogP contribution in [0.4, 0.5) is 10.1 Å². The van der Waals surface area contributed by atoms with Gasteiger partial charge in [-0.2, -0.15) is 5.10 Å². The van der Waals surface area contributed by atoms with Gasteiger partial charge in [-0.25, -0.2) is 4.39 Å². The Labute approximate surface area is 189 Å². The van der Waals surface area contributed by atoms with Gasteiger partial charge in [-0.15, -0.1) is 0 Å². The number of fused-ring (bicyclic) bond motifs is 1. The van der Waals surface area contributed by atoms with E-state index in [0.717, 1.165) is 30.4 Å². The average molecular weight is 461 g/mol. The Kier molecular flexibility index (Phi) is 6.80. The number of rotatable bonds is 9. The summed E-state index contributed by atoms with van der Waals surface area (Å²) in [6.07, 6.45) is 0.528. The molecule has 32 heavy (non-hydrogen) atoms. The summed E-state index contributed by atoms with van der Waals surface area (Å²) in [5.41, 5.74) is 3.69. The first kappa shape index (κ1) is 23.1. The Bertz CT molecular complexity index is 984. The van der Waals surface area contributed by atoms with Gasteiger partial charge < -0.3 is 20.1 Å². The van der Waals surface area contributed by atoms with Crippen molar-refractivity contribution in [2.45, 2.75) is 58.3 Å². The molecule has 1 saturated heterocycles. The zero-order chi connectivity index (χ0) is 22.9. The highest BCUT2D eigenvalue weighted by Gasteiger charge is 2.28. The van der Waals surface area contributed by atoms with Crippen LogP contribution in [0.1, 0.15) is 23.7 Å². The molecule has 4 rings (SSSR count). The maximum absolute atomic E-state index is 15.6. The average Bonchev–Trinajstić information content (AvgIpc) is 3.08. The van der Waals surface area contributed by atoms with Crippen LogP contribution in [0.25, 0.3) is 11.3 Å². The maximum atomic E-state index is 15.6. The third-order valence-electron chi connectivity index (χ3n) is 6.12. The number of hydrogen-bond acceptors (Lipinski definition) is 5. The van der Waals surface area contributed by atoms with Gasteiger partial charge in [0.25, 0.3) is 0 Å². The van der Waals surface area contributed by atoms with Crippen molar-refractivity contribution >= 4 is 19.7 Å². The van der Waals surface area contributed by atoms with E-state index in [1.807, 2.05) is 0 Å². The number of ether oxygens (including phenoxy) is 2. The van der Waals surface area contributed by atoms with Crippen molar-refractivity contribution in [1.82, 2.24) is 15.5 Å². The Morgan fingerprint density at radius 2 is 2.00 bits per heavy atom. The molecule has 3 heterocycles. The van der Waals surface area contributed by atoms with Crippen molar-refractivity contribution in [2.24, 2.45) is 5.92 Å². The second kappa shape index (κ2) is 9.42. The fourth-order valence-electron chi connectivity index (χ4n) is 3.81. The SMILES string of the molecule is CC1Cc2c(ccc(-c3n[nH]c(COCC[Si](C)(C)C)c3COC3CNC3)c2F)NC1=O. The van der Waals surface area contributed by atoms with Crippen molar-refractivity contribution in [3.05, 3.63) is 34.8 Å². The number of benzene rings is 1. The highest BCUT2D eigenvalue weighted by Crippen LogP contribution is 2.35. The summed E-state index contributed by atoms with van der Waals surface area (Å²) in [6.45, 7) is 11.8. The molecule has 0 spiro atoms. The minimum absolute atomic E-state index is 0.0784. The molecule has 1 aromatic heterocycles. The third-order valence-corrected chi connectivity index (χ3v) is 7.82. The summed E-state index contributed by atoms with van der Waals surface area (Å²) in [6, 6.07) is 4.53. The van der Waals surface area contributed by atoms with Crippen molar-refractivity contribution in [2.75, 3.05) is 25.0 Å². The number of hydrogen-bond donors (Lipinski definition) is 3. The van der Waals surface area contributed by atoms with Crippen LogP contribution in [0.3, 0.4) is 0 Å². The van der Waals surface area contributed by atoms with Gasteiger partial charge in [0.1, 0.15) is 11.5 Å². The Morgan fingerprint density at radius 1 is 1.22 bits per heavy atom. The molecule has 1 atom stereocenters. The zero-order valence-electron chi connectivity index (χ0n) is 19.3. The lowest BCUT2D eigenvalue weighted by atomic mass is 9.91. The minimum atomic E-state index is -1.18. The molecule has 2 aliphatic heterocycles. The predicted octanol–water partition coefficient (Wildman–Crippen LogP) is 3.69. The van der Waals surface area contributed by atoms with Gasteiger partial charge in [0.05, 0.1) is 25.0 Å². The summed E-state index contributed by atoms with van der Waals surface area (Å²) in [4.78, 5) is 12.0. The van der Waals surface area contributed by atoms with Crippen LogP contribution in [0.15, 0.2) is 12.1 Å². The summed E-state index contributed by atoms with van der Waals surface area (Å²) >= 11 is 0. The van der Waals surface area contributed by atoms with E-state index < -0.39 is 8.07 Å². The van der Waals surface area contributed by atoms with Gasteiger partial charge in [-0.3, -0.25) is 9.89 Å². The number of amides is 1. The number of nitrogens with one attached hydrogen (secondary N) is 3. The van der Waals surface area contributed by atoms with Crippen LogP contribution < -0.4 is 10.6 Å². The molecule has 0 saturated carbocycles. The summed E-state index contributed by atoms with van der Waals surface area (Å²) in [5.74, 6) is -0.681. The third kappa shape index (κ3) is 5.11. The van der Waals surface area contributed by atoms with E-state index in [4.69, 9.17) is 9.47 Å². The van der Waals surface area contributed by atoms with Gasteiger partial charge in [-0.1, -0.05) is 26.6 Å². The number of nitrogens with zero attached hydrogens (tertiary/aromatic N) is 1. The molecule has 9 heteroatoms. The molecule has 174 valence electrons. The van der Waals surface area contributed by atoms with Gasteiger partial charge in [0.15, 0.2) is 0 Å². The van der Waals surface area contributed by atoms with Crippen molar-refractivity contribution < 1.29 is 18.7 Å². The number of halogens is 1. The number of anilines is 1. The van der Waals surface area contributed by atoms with Crippen molar-refractivity contribution in [3.8, 4) is 11.3 Å². The molecule has 7 nitrogen and oxygen atoms in total. The van der Waals surface area contributed by atoms with E-state index in [-0.39, 0.29) is 23.7 Å². The number of carbonyl (C=O) groups excluding carboxylic acids is 1. The fourth-order valence-corrected chi connectivity index (χ4v) is 4.57. The molecular weight excluding hydrogens is 427 g/mol. The second-order valence-electron chi connectivity index (χ2n) is 10.0. The zero-order valence-corrected chi connectivity index (χ0v) is 20.3. The van der Waals surface area contributed by atoms with Gasteiger partial charge in [0, 0.05) is 56.1 Å². The van der Waals surface area contributed by atoms with Crippen molar-refractivity contribution in [1.29, 1.82) is 0 Å². The summed E-state index contributed by atoms with van der Waals surface area (Å²) < 4.78 is 27.5. The lowest BCUT2D eigenvalue weighted by Crippen LogP contribution is -2.48. The Balaban J connectivity index is 1.59. The monoisotopic (exact) mass is 460 g/mol. The largest absolute Gasteiger partial charge is 0.375 e. The van der Waals surface area contributed by atoms with Crippen LogP contribution in [0, 0.1) is 11.7 Å². The summed E-state index contributed by atoms with van der Waals surface area (Å²) in [7, 11) is -1.18. The minimum Gasteiger partial charge on any atom is -0.375 e. The number of H-pyrrole nitrogens is 1. The number of aromatic nitrogens is 2. The first-order valence-electron chi connectivity index (χ1n) is 11.3. The van der Waals surface area contributed by atoms with E-state index in [1.165, 1.54) is 0 Å². The Morgan fingerprint density at radius 3 is 2.69 bits per heavy atom. The van der Waals surface area contributed by atoms with E-state index in [1.54, 1.807) is 19.1 Å². The highest BCUT2D eigenvalue weighted by atomic mass is 28.3. The quantitative estimate of drug-likeness (QED) is 0.392. The molecule has 0 radical (unpaired) electrons. The molecule has 2 aliphatic rings. The number of aromatic amines is 1. The highest BCUT2D eigenvalue weighted by molar-refractivity contribution is 6.76. The molecule has 2 aromatic rings. The second-order valence-corrected chi connectivity index (χ2v) is 15.7. The van der Waals surface area contributed by atoms with Crippen molar-refractivity contribution in [3.63, 3.8) is 0 Å². The predicted molar refractivity (Wildman–Crippen MR) is 125 cm³/mol. The molecule has 1 aromatic carbocycles. The lowest BCUT2D eigenvalue weighted by molar-refractivity contribution is -0.119. The van der Waals surface area contributed by atoms with Crippen LogP contribution in [-0.4, -0.2) is 50.0 Å². The van der Waals surface area contributed by atoms with E-state index >= 15 is 4.39 Å². The molecule has 0 aliphatic carbocycles. The van der Waals surface area contributed by atoms with Gasteiger partial charge >= 0.3 is 0 Å². The van der Waals surface area contributed by atoms with Crippen LogP contribution >= 0.6 is 0 Å². The van der Waals surface area contributed by atoms with E-state index in [0.29, 0.717) is 48.7 Å². The molecule has 1 unspecified atom stereocenters. The maximum Gasteiger partial charge on any atom is 0.227 e. The standard InChI is InChI=1S/C23H33FN4O3Si/c1-14-9-17-19(26-23(14)29)6-5-16(21(17)24)22-18(12-31-15-10-25-11-15)20(27-28-22)13-30-7-8-32(2,3)4/h5-6,14-15,25H,7-13H2,1-4H3,(H,26,29)(H,27,28). The topological polar surface area (TPSA) is 88.3 Å².